The van der Waals surface area contributed by atoms with Crippen LogP contribution in [0.4, 0.5) is 4.79 Å². The SMILES string of the molecule is C=CCNC(=O)OCC=C. The van der Waals surface area contributed by atoms with Gasteiger partial charge in [-0.2, -0.15) is 0 Å². The van der Waals surface area contributed by atoms with E-state index in [-0.39, 0.29) is 6.61 Å². The summed E-state index contributed by atoms with van der Waals surface area (Å²) in [6, 6.07) is 0. The van der Waals surface area contributed by atoms with Crippen LogP contribution in [-0.4, -0.2) is 19.2 Å². The molecule has 0 heterocycles. The molecule has 1 N–H and O–H groups in total. The topological polar surface area (TPSA) is 38.3 Å². The van der Waals surface area contributed by atoms with E-state index in [2.05, 4.69) is 23.2 Å². The minimum absolute atomic E-state index is 0.239. The molecule has 0 aliphatic rings. The van der Waals surface area contributed by atoms with Gasteiger partial charge in [-0.3, -0.25) is 0 Å². The van der Waals surface area contributed by atoms with Gasteiger partial charge in [0.15, 0.2) is 0 Å². The molecule has 1 amide bonds. The Labute approximate surface area is 60.4 Å². The smallest absolute Gasteiger partial charge is 0.407 e. The van der Waals surface area contributed by atoms with Gasteiger partial charge >= 0.3 is 6.09 Å². The quantitative estimate of drug-likeness (QED) is 0.595. The van der Waals surface area contributed by atoms with E-state index in [9.17, 15) is 4.79 Å². The number of hydrogen-bond donors (Lipinski definition) is 1. The number of alkyl carbamates (subject to hydrolysis) is 1. The van der Waals surface area contributed by atoms with Gasteiger partial charge in [0.25, 0.3) is 0 Å². The van der Waals surface area contributed by atoms with Crippen molar-refractivity contribution in [2.45, 2.75) is 0 Å². The van der Waals surface area contributed by atoms with Gasteiger partial charge in [-0.25, -0.2) is 4.79 Å². The third-order valence-corrected chi connectivity index (χ3v) is 0.723. The first-order chi connectivity index (χ1) is 4.81. The van der Waals surface area contributed by atoms with Crippen molar-refractivity contribution >= 4 is 6.09 Å². The van der Waals surface area contributed by atoms with Gasteiger partial charge in [0.05, 0.1) is 0 Å². The molecule has 0 aromatic heterocycles. The third kappa shape index (κ3) is 4.90. The fourth-order valence-electron chi connectivity index (χ4n) is 0.341. The summed E-state index contributed by atoms with van der Waals surface area (Å²) in [6.07, 6.45) is 2.64. The monoisotopic (exact) mass is 141 g/mol. The molecule has 0 fully saturated rings. The van der Waals surface area contributed by atoms with E-state index in [0.717, 1.165) is 0 Å². The fourth-order valence-corrected chi connectivity index (χ4v) is 0.341. The molecular formula is C7H11NO2. The zero-order valence-corrected chi connectivity index (χ0v) is 5.80. The predicted molar refractivity (Wildman–Crippen MR) is 39.7 cm³/mol. The minimum Gasteiger partial charge on any atom is -0.445 e. The highest BCUT2D eigenvalue weighted by Gasteiger charge is 1.94. The molecule has 56 valence electrons. The molecule has 0 radical (unpaired) electrons. The van der Waals surface area contributed by atoms with E-state index in [1.807, 2.05) is 0 Å². The van der Waals surface area contributed by atoms with Crippen LogP contribution in [0.3, 0.4) is 0 Å². The van der Waals surface area contributed by atoms with Crippen molar-refractivity contribution in [3.8, 4) is 0 Å². The Bertz CT molecular complexity index is 118. The lowest BCUT2D eigenvalue weighted by molar-refractivity contribution is 0.159. The number of hydrogen-bond acceptors (Lipinski definition) is 2. The number of ether oxygens (including phenoxy) is 1. The summed E-state index contributed by atoms with van der Waals surface area (Å²) in [5.74, 6) is 0. The van der Waals surface area contributed by atoms with Gasteiger partial charge in [0.1, 0.15) is 6.61 Å². The van der Waals surface area contributed by atoms with Crippen LogP contribution in [0.25, 0.3) is 0 Å². The summed E-state index contributed by atoms with van der Waals surface area (Å²) in [5, 5.41) is 2.44. The predicted octanol–water partition coefficient (Wildman–Crippen LogP) is 1.08. The van der Waals surface area contributed by atoms with Gasteiger partial charge < -0.3 is 10.1 Å². The van der Waals surface area contributed by atoms with Crippen molar-refractivity contribution in [3.63, 3.8) is 0 Å². The Balaban J connectivity index is 3.24. The van der Waals surface area contributed by atoms with E-state index in [1.165, 1.54) is 6.08 Å². The van der Waals surface area contributed by atoms with E-state index in [0.29, 0.717) is 6.54 Å². The number of carbonyl (C=O) groups is 1. The van der Waals surface area contributed by atoms with Gasteiger partial charge in [-0.1, -0.05) is 18.7 Å². The van der Waals surface area contributed by atoms with Gasteiger partial charge in [0.2, 0.25) is 0 Å². The van der Waals surface area contributed by atoms with Gasteiger partial charge in [0, 0.05) is 6.54 Å². The first-order valence-electron chi connectivity index (χ1n) is 2.93. The van der Waals surface area contributed by atoms with Gasteiger partial charge in [-0.15, -0.1) is 6.58 Å². The van der Waals surface area contributed by atoms with Crippen LogP contribution >= 0.6 is 0 Å². The number of nitrogens with one attached hydrogen (secondary N) is 1. The average Bonchev–Trinajstić information content (AvgIpc) is 1.97. The molecular weight excluding hydrogens is 130 g/mol. The maximum atomic E-state index is 10.5. The highest BCUT2D eigenvalue weighted by molar-refractivity contribution is 5.67. The lowest BCUT2D eigenvalue weighted by atomic mass is 10.6. The first-order valence-corrected chi connectivity index (χ1v) is 2.93. The standard InChI is InChI=1S/C7H11NO2/c1-3-5-8-7(9)10-6-4-2/h3-4H,1-2,5-6H2,(H,8,9). The van der Waals surface area contributed by atoms with E-state index >= 15 is 0 Å². The molecule has 0 saturated heterocycles. The van der Waals surface area contributed by atoms with Crippen molar-refractivity contribution in [1.82, 2.24) is 5.32 Å². The zero-order valence-electron chi connectivity index (χ0n) is 5.80. The molecule has 0 saturated carbocycles. The molecule has 0 aromatic rings. The van der Waals surface area contributed by atoms with Crippen molar-refractivity contribution in [2.24, 2.45) is 0 Å². The summed E-state index contributed by atoms with van der Waals surface area (Å²) < 4.78 is 4.58. The number of amides is 1. The first kappa shape index (κ1) is 8.75. The van der Waals surface area contributed by atoms with Crippen molar-refractivity contribution in [2.75, 3.05) is 13.2 Å². The van der Waals surface area contributed by atoms with Crippen LogP contribution < -0.4 is 5.32 Å². The normalized spacial score (nSPS) is 8.00. The number of rotatable bonds is 4. The summed E-state index contributed by atoms with van der Waals surface area (Å²) in [6.45, 7) is 7.48. The van der Waals surface area contributed by atoms with Crippen LogP contribution in [0.2, 0.25) is 0 Å². The van der Waals surface area contributed by atoms with Gasteiger partial charge in [-0.05, 0) is 0 Å². The Morgan fingerprint density at radius 1 is 1.50 bits per heavy atom. The summed E-state index contributed by atoms with van der Waals surface area (Å²) in [4.78, 5) is 10.5. The highest BCUT2D eigenvalue weighted by Crippen LogP contribution is 1.76. The maximum Gasteiger partial charge on any atom is 0.407 e. The van der Waals surface area contributed by atoms with E-state index < -0.39 is 6.09 Å². The molecule has 0 unspecified atom stereocenters. The molecule has 0 spiro atoms. The Kier molecular flexibility index (Phi) is 5.14. The average molecular weight is 141 g/mol. The molecule has 3 nitrogen and oxygen atoms in total. The fraction of sp³-hybridized carbons (Fsp3) is 0.286. The van der Waals surface area contributed by atoms with Crippen molar-refractivity contribution in [3.05, 3.63) is 25.3 Å². The van der Waals surface area contributed by atoms with Crippen LogP contribution in [0.15, 0.2) is 25.3 Å². The van der Waals surface area contributed by atoms with E-state index in [1.54, 1.807) is 6.08 Å². The second-order valence-electron chi connectivity index (χ2n) is 1.56. The summed E-state index contributed by atoms with van der Waals surface area (Å²) in [5.41, 5.74) is 0. The lowest BCUT2D eigenvalue weighted by Crippen LogP contribution is -2.24. The van der Waals surface area contributed by atoms with Crippen LogP contribution in [0.5, 0.6) is 0 Å². The Morgan fingerprint density at radius 2 is 2.20 bits per heavy atom. The summed E-state index contributed by atoms with van der Waals surface area (Å²) in [7, 11) is 0. The maximum absolute atomic E-state index is 10.5. The molecule has 0 bridgehead atoms. The second-order valence-corrected chi connectivity index (χ2v) is 1.56. The molecule has 0 aliphatic heterocycles. The second kappa shape index (κ2) is 5.88. The molecule has 10 heavy (non-hydrogen) atoms. The largest absolute Gasteiger partial charge is 0.445 e. The van der Waals surface area contributed by atoms with Crippen molar-refractivity contribution < 1.29 is 9.53 Å². The molecule has 0 atom stereocenters. The van der Waals surface area contributed by atoms with Crippen LogP contribution in [-0.2, 0) is 4.74 Å². The Hall–Kier alpha value is -1.25. The Morgan fingerprint density at radius 3 is 2.70 bits per heavy atom. The molecule has 0 aliphatic carbocycles. The third-order valence-electron chi connectivity index (χ3n) is 0.723. The van der Waals surface area contributed by atoms with Crippen LogP contribution in [0, 0.1) is 0 Å². The van der Waals surface area contributed by atoms with E-state index in [4.69, 9.17) is 0 Å². The molecule has 3 heteroatoms. The van der Waals surface area contributed by atoms with Crippen molar-refractivity contribution in [1.29, 1.82) is 0 Å². The molecule has 0 rings (SSSR count). The summed E-state index contributed by atoms with van der Waals surface area (Å²) >= 11 is 0. The highest BCUT2D eigenvalue weighted by atomic mass is 16.5. The lowest BCUT2D eigenvalue weighted by Gasteiger charge is -2.00. The molecule has 0 aromatic carbocycles. The minimum atomic E-state index is -0.445. The zero-order chi connectivity index (χ0) is 7.82. The van der Waals surface area contributed by atoms with Crippen LogP contribution in [0.1, 0.15) is 0 Å². The number of carbonyl (C=O) groups excluding carboxylic acids is 1.